The molecule has 0 bridgehead atoms. The van der Waals surface area contributed by atoms with E-state index in [1.165, 1.54) is 11.3 Å². The standard InChI is InChI=1S/C11H19N3OS/c1-5-6-7-14(10(15)8(2)3)11-13-12-9(4)16-11/h8H,5-7H2,1-4H3. The molecule has 0 spiro atoms. The second kappa shape index (κ2) is 5.94. The van der Waals surface area contributed by atoms with Crippen molar-refractivity contribution in [1.82, 2.24) is 10.2 Å². The van der Waals surface area contributed by atoms with Crippen molar-refractivity contribution in [3.05, 3.63) is 5.01 Å². The van der Waals surface area contributed by atoms with Crippen molar-refractivity contribution in [2.75, 3.05) is 11.4 Å². The van der Waals surface area contributed by atoms with Crippen LogP contribution in [0.25, 0.3) is 0 Å². The highest BCUT2D eigenvalue weighted by Gasteiger charge is 2.21. The molecule has 5 heteroatoms. The monoisotopic (exact) mass is 241 g/mol. The predicted octanol–water partition coefficient (Wildman–Crippen LogP) is 2.64. The van der Waals surface area contributed by atoms with E-state index in [9.17, 15) is 4.79 Å². The van der Waals surface area contributed by atoms with Gasteiger partial charge in [0.05, 0.1) is 0 Å². The molecule has 1 amide bonds. The van der Waals surface area contributed by atoms with Crippen LogP contribution in [0.5, 0.6) is 0 Å². The van der Waals surface area contributed by atoms with Crippen molar-refractivity contribution in [3.8, 4) is 0 Å². The Balaban J connectivity index is 2.82. The number of aromatic nitrogens is 2. The molecule has 0 atom stereocenters. The summed E-state index contributed by atoms with van der Waals surface area (Å²) < 4.78 is 0. The van der Waals surface area contributed by atoms with E-state index in [1.807, 2.05) is 20.8 Å². The van der Waals surface area contributed by atoms with Crippen LogP contribution < -0.4 is 4.90 Å². The summed E-state index contributed by atoms with van der Waals surface area (Å²) in [6, 6.07) is 0. The molecular weight excluding hydrogens is 222 g/mol. The summed E-state index contributed by atoms with van der Waals surface area (Å²) in [7, 11) is 0. The van der Waals surface area contributed by atoms with E-state index in [4.69, 9.17) is 0 Å². The highest BCUT2D eigenvalue weighted by Crippen LogP contribution is 2.21. The van der Waals surface area contributed by atoms with E-state index < -0.39 is 0 Å². The van der Waals surface area contributed by atoms with Gasteiger partial charge >= 0.3 is 0 Å². The molecule has 0 aliphatic heterocycles. The molecular formula is C11H19N3OS. The van der Waals surface area contributed by atoms with Crippen LogP contribution in [0.15, 0.2) is 0 Å². The number of hydrogen-bond acceptors (Lipinski definition) is 4. The quantitative estimate of drug-likeness (QED) is 0.796. The van der Waals surface area contributed by atoms with Gasteiger partial charge in [-0.15, -0.1) is 10.2 Å². The number of carbonyl (C=O) groups is 1. The number of hydrogen-bond donors (Lipinski definition) is 0. The topological polar surface area (TPSA) is 46.1 Å². The van der Waals surface area contributed by atoms with Crippen molar-refractivity contribution in [2.45, 2.75) is 40.5 Å². The van der Waals surface area contributed by atoms with Gasteiger partial charge in [0, 0.05) is 12.5 Å². The molecule has 1 heterocycles. The molecule has 0 aliphatic rings. The SMILES string of the molecule is CCCCN(C(=O)C(C)C)c1nnc(C)s1. The van der Waals surface area contributed by atoms with Crippen LogP contribution in [0.2, 0.25) is 0 Å². The van der Waals surface area contributed by atoms with Gasteiger partial charge in [-0.3, -0.25) is 9.69 Å². The van der Waals surface area contributed by atoms with Crippen molar-refractivity contribution in [2.24, 2.45) is 5.92 Å². The fourth-order valence-electron chi connectivity index (χ4n) is 1.32. The molecule has 0 aliphatic carbocycles. The Morgan fingerprint density at radius 2 is 2.12 bits per heavy atom. The van der Waals surface area contributed by atoms with Crippen LogP contribution >= 0.6 is 11.3 Å². The van der Waals surface area contributed by atoms with Gasteiger partial charge in [0.25, 0.3) is 0 Å². The fourth-order valence-corrected chi connectivity index (χ4v) is 2.04. The number of unbranched alkanes of at least 4 members (excludes halogenated alkanes) is 1. The van der Waals surface area contributed by atoms with Crippen molar-refractivity contribution >= 4 is 22.4 Å². The van der Waals surface area contributed by atoms with E-state index in [2.05, 4.69) is 17.1 Å². The minimum atomic E-state index is 0.000984. The fraction of sp³-hybridized carbons (Fsp3) is 0.727. The lowest BCUT2D eigenvalue weighted by molar-refractivity contribution is -0.121. The lowest BCUT2D eigenvalue weighted by atomic mass is 10.2. The molecule has 1 rings (SSSR count). The Morgan fingerprint density at radius 1 is 1.44 bits per heavy atom. The third kappa shape index (κ3) is 3.27. The number of amides is 1. The first-order chi connectivity index (χ1) is 7.56. The van der Waals surface area contributed by atoms with Crippen molar-refractivity contribution in [1.29, 1.82) is 0 Å². The molecule has 4 nitrogen and oxygen atoms in total. The second-order valence-electron chi connectivity index (χ2n) is 4.10. The van der Waals surface area contributed by atoms with Gasteiger partial charge in [-0.1, -0.05) is 38.5 Å². The van der Waals surface area contributed by atoms with Gasteiger partial charge in [-0.25, -0.2) is 0 Å². The van der Waals surface area contributed by atoms with Crippen LogP contribution in [0, 0.1) is 12.8 Å². The smallest absolute Gasteiger partial charge is 0.231 e. The maximum Gasteiger partial charge on any atom is 0.231 e. The van der Waals surface area contributed by atoms with Gasteiger partial charge in [0.1, 0.15) is 5.01 Å². The third-order valence-electron chi connectivity index (χ3n) is 2.24. The van der Waals surface area contributed by atoms with E-state index in [1.54, 1.807) is 4.90 Å². The summed E-state index contributed by atoms with van der Waals surface area (Å²) >= 11 is 1.47. The minimum absolute atomic E-state index is 0.000984. The number of nitrogens with zero attached hydrogens (tertiary/aromatic N) is 3. The van der Waals surface area contributed by atoms with E-state index in [0.717, 1.165) is 29.5 Å². The first-order valence-electron chi connectivity index (χ1n) is 5.67. The average molecular weight is 241 g/mol. The zero-order valence-electron chi connectivity index (χ0n) is 10.4. The van der Waals surface area contributed by atoms with Crippen LogP contribution in [0.3, 0.4) is 0 Å². The Kier molecular flexibility index (Phi) is 4.86. The normalized spacial score (nSPS) is 10.8. The Labute approximate surface area is 101 Å². The molecule has 0 aromatic carbocycles. The third-order valence-corrected chi connectivity index (χ3v) is 3.10. The summed E-state index contributed by atoms with van der Waals surface area (Å²) in [5.74, 6) is 0.130. The second-order valence-corrected chi connectivity index (χ2v) is 5.26. The van der Waals surface area contributed by atoms with Gasteiger partial charge in [0.15, 0.2) is 0 Å². The number of anilines is 1. The minimum Gasteiger partial charge on any atom is -0.286 e. The Bertz CT molecular complexity index is 349. The Morgan fingerprint density at radius 3 is 2.56 bits per heavy atom. The summed E-state index contributed by atoms with van der Waals surface area (Å²) in [4.78, 5) is 13.8. The molecule has 0 saturated carbocycles. The Hall–Kier alpha value is -0.970. The molecule has 0 unspecified atom stereocenters. The van der Waals surface area contributed by atoms with Crippen LogP contribution in [0.1, 0.15) is 38.6 Å². The number of carbonyl (C=O) groups excluding carboxylic acids is 1. The number of aryl methyl sites for hydroxylation is 1. The first kappa shape index (κ1) is 13.1. The molecule has 1 aromatic rings. The largest absolute Gasteiger partial charge is 0.286 e. The molecule has 0 fully saturated rings. The molecule has 1 aromatic heterocycles. The van der Waals surface area contributed by atoms with Crippen LogP contribution in [-0.2, 0) is 4.79 Å². The molecule has 0 radical (unpaired) electrons. The molecule has 0 saturated heterocycles. The average Bonchev–Trinajstić information content (AvgIpc) is 2.65. The van der Waals surface area contributed by atoms with Crippen molar-refractivity contribution < 1.29 is 4.79 Å². The zero-order valence-corrected chi connectivity index (χ0v) is 11.2. The molecule has 90 valence electrons. The van der Waals surface area contributed by atoms with Crippen molar-refractivity contribution in [3.63, 3.8) is 0 Å². The predicted molar refractivity (Wildman–Crippen MR) is 66.7 cm³/mol. The zero-order chi connectivity index (χ0) is 12.1. The highest BCUT2D eigenvalue weighted by atomic mass is 32.1. The summed E-state index contributed by atoms with van der Waals surface area (Å²) in [5.41, 5.74) is 0. The van der Waals surface area contributed by atoms with E-state index in [0.29, 0.717) is 0 Å². The van der Waals surface area contributed by atoms with E-state index >= 15 is 0 Å². The first-order valence-corrected chi connectivity index (χ1v) is 6.49. The summed E-state index contributed by atoms with van der Waals surface area (Å²) in [6.45, 7) is 8.58. The van der Waals surface area contributed by atoms with E-state index in [-0.39, 0.29) is 11.8 Å². The maximum absolute atomic E-state index is 12.0. The highest BCUT2D eigenvalue weighted by molar-refractivity contribution is 7.15. The van der Waals surface area contributed by atoms with Crippen LogP contribution in [-0.4, -0.2) is 22.6 Å². The summed E-state index contributed by atoms with van der Waals surface area (Å²) in [5, 5.41) is 9.63. The lowest BCUT2D eigenvalue weighted by Gasteiger charge is -2.20. The van der Waals surface area contributed by atoms with Gasteiger partial charge in [0.2, 0.25) is 11.0 Å². The van der Waals surface area contributed by atoms with Crippen LogP contribution in [0.4, 0.5) is 5.13 Å². The van der Waals surface area contributed by atoms with Gasteiger partial charge in [-0.2, -0.15) is 0 Å². The molecule has 0 N–H and O–H groups in total. The number of rotatable bonds is 5. The summed E-state index contributed by atoms with van der Waals surface area (Å²) in [6.07, 6.45) is 2.07. The maximum atomic E-state index is 12.0. The van der Waals surface area contributed by atoms with Gasteiger partial charge in [-0.05, 0) is 13.3 Å². The van der Waals surface area contributed by atoms with Gasteiger partial charge < -0.3 is 0 Å². The lowest BCUT2D eigenvalue weighted by Crippen LogP contribution is -2.35. The molecule has 16 heavy (non-hydrogen) atoms.